The summed E-state index contributed by atoms with van der Waals surface area (Å²) < 4.78 is 0. The molecule has 0 aromatic carbocycles. The van der Waals surface area contributed by atoms with Gasteiger partial charge in [-0.25, -0.2) is 0 Å². The molecule has 0 saturated carbocycles. The number of carbonyl (C=O) groups excluding carboxylic acids is 1. The van der Waals surface area contributed by atoms with Crippen molar-refractivity contribution in [1.82, 2.24) is 5.32 Å². The van der Waals surface area contributed by atoms with Gasteiger partial charge in [-0.15, -0.1) is 0 Å². The molecule has 3 nitrogen and oxygen atoms in total. The summed E-state index contributed by atoms with van der Waals surface area (Å²) >= 11 is 0. The molecule has 0 aromatic heterocycles. The monoisotopic (exact) mass is 214 g/mol. The van der Waals surface area contributed by atoms with Gasteiger partial charge in [-0.05, 0) is 32.1 Å². The maximum Gasteiger partial charge on any atom is 0.237 e. The van der Waals surface area contributed by atoms with Crippen molar-refractivity contribution in [1.29, 1.82) is 0 Å². The SMILES string of the molecule is CCC[C@@H](N)C(=O)NC(C)CCC(C)C. The molecule has 0 spiro atoms. The molecule has 15 heavy (non-hydrogen) atoms. The zero-order valence-corrected chi connectivity index (χ0v) is 10.5. The summed E-state index contributed by atoms with van der Waals surface area (Å²) in [5.41, 5.74) is 5.72. The Morgan fingerprint density at radius 3 is 2.27 bits per heavy atom. The molecular weight excluding hydrogens is 188 g/mol. The normalized spacial score (nSPS) is 15.1. The molecule has 0 saturated heterocycles. The lowest BCUT2D eigenvalue weighted by atomic mass is 10.0. The lowest BCUT2D eigenvalue weighted by molar-refractivity contribution is -0.123. The minimum Gasteiger partial charge on any atom is -0.352 e. The van der Waals surface area contributed by atoms with E-state index in [0.717, 1.165) is 25.7 Å². The predicted octanol–water partition coefficient (Wildman–Crippen LogP) is 2.05. The summed E-state index contributed by atoms with van der Waals surface area (Å²) in [5.74, 6) is 0.682. The Kier molecular flexibility index (Phi) is 7.39. The molecule has 90 valence electrons. The van der Waals surface area contributed by atoms with Crippen LogP contribution in [0.15, 0.2) is 0 Å². The molecular formula is C12H26N2O. The zero-order chi connectivity index (χ0) is 11.8. The van der Waals surface area contributed by atoms with Crippen molar-refractivity contribution < 1.29 is 4.79 Å². The smallest absolute Gasteiger partial charge is 0.237 e. The summed E-state index contributed by atoms with van der Waals surface area (Å²) in [6.45, 7) is 8.46. The van der Waals surface area contributed by atoms with E-state index in [9.17, 15) is 4.79 Å². The number of nitrogens with two attached hydrogens (primary N) is 1. The van der Waals surface area contributed by atoms with Gasteiger partial charge in [0.25, 0.3) is 0 Å². The van der Waals surface area contributed by atoms with Crippen LogP contribution in [0.4, 0.5) is 0 Å². The van der Waals surface area contributed by atoms with E-state index in [1.54, 1.807) is 0 Å². The lowest BCUT2D eigenvalue weighted by Gasteiger charge is -2.17. The zero-order valence-electron chi connectivity index (χ0n) is 10.5. The largest absolute Gasteiger partial charge is 0.352 e. The molecule has 3 N–H and O–H groups in total. The van der Waals surface area contributed by atoms with Crippen LogP contribution >= 0.6 is 0 Å². The second kappa shape index (κ2) is 7.69. The van der Waals surface area contributed by atoms with Crippen molar-refractivity contribution in [3.05, 3.63) is 0 Å². The van der Waals surface area contributed by atoms with Crippen LogP contribution in [0, 0.1) is 5.92 Å². The van der Waals surface area contributed by atoms with E-state index >= 15 is 0 Å². The Balaban J connectivity index is 3.75. The van der Waals surface area contributed by atoms with Crippen molar-refractivity contribution in [3.8, 4) is 0 Å². The maximum atomic E-state index is 11.6. The first-order valence-electron chi connectivity index (χ1n) is 6.03. The molecule has 3 heteroatoms. The Labute approximate surface area is 93.8 Å². The molecule has 0 bridgehead atoms. The maximum absolute atomic E-state index is 11.6. The molecule has 0 rings (SSSR count). The topological polar surface area (TPSA) is 55.1 Å². The van der Waals surface area contributed by atoms with Gasteiger partial charge in [-0.3, -0.25) is 4.79 Å². The minimum absolute atomic E-state index is 0.00638. The van der Waals surface area contributed by atoms with Gasteiger partial charge < -0.3 is 11.1 Å². The highest BCUT2D eigenvalue weighted by Gasteiger charge is 2.14. The molecule has 0 aliphatic carbocycles. The molecule has 2 atom stereocenters. The average Bonchev–Trinajstić information content (AvgIpc) is 2.15. The van der Waals surface area contributed by atoms with Gasteiger partial charge in [-0.2, -0.15) is 0 Å². The van der Waals surface area contributed by atoms with Crippen LogP contribution in [-0.2, 0) is 4.79 Å². The molecule has 0 radical (unpaired) electrons. The summed E-state index contributed by atoms with van der Waals surface area (Å²) in [6, 6.07) is -0.0979. The second-order valence-corrected chi connectivity index (χ2v) is 4.78. The quantitative estimate of drug-likeness (QED) is 0.681. The number of carbonyl (C=O) groups is 1. The Bertz CT molecular complexity index is 180. The number of hydrogen-bond acceptors (Lipinski definition) is 2. The fourth-order valence-corrected chi connectivity index (χ4v) is 1.45. The summed E-state index contributed by atoms with van der Waals surface area (Å²) in [5, 5.41) is 2.96. The van der Waals surface area contributed by atoms with Gasteiger partial charge in [0.1, 0.15) is 0 Å². The molecule has 1 unspecified atom stereocenters. The van der Waals surface area contributed by atoms with E-state index in [1.165, 1.54) is 0 Å². The first-order chi connectivity index (χ1) is 6.97. The van der Waals surface area contributed by atoms with E-state index in [1.807, 2.05) is 13.8 Å². The fourth-order valence-electron chi connectivity index (χ4n) is 1.45. The minimum atomic E-state index is -0.337. The number of rotatable bonds is 7. The summed E-state index contributed by atoms with van der Waals surface area (Å²) in [7, 11) is 0. The second-order valence-electron chi connectivity index (χ2n) is 4.78. The highest BCUT2D eigenvalue weighted by atomic mass is 16.2. The Hall–Kier alpha value is -0.570. The third-order valence-electron chi connectivity index (χ3n) is 2.50. The van der Waals surface area contributed by atoms with Crippen LogP contribution in [0.5, 0.6) is 0 Å². The van der Waals surface area contributed by atoms with Crippen LogP contribution in [0.2, 0.25) is 0 Å². The average molecular weight is 214 g/mol. The molecule has 0 fully saturated rings. The van der Waals surface area contributed by atoms with Crippen molar-refractivity contribution in [2.24, 2.45) is 11.7 Å². The van der Waals surface area contributed by atoms with Crippen molar-refractivity contribution in [2.45, 2.75) is 65.5 Å². The van der Waals surface area contributed by atoms with E-state index in [0.29, 0.717) is 5.92 Å². The van der Waals surface area contributed by atoms with E-state index < -0.39 is 0 Å². The molecule has 0 aliphatic rings. The van der Waals surface area contributed by atoms with Crippen molar-refractivity contribution >= 4 is 5.91 Å². The third-order valence-corrected chi connectivity index (χ3v) is 2.50. The van der Waals surface area contributed by atoms with Crippen LogP contribution in [0.3, 0.4) is 0 Å². The number of nitrogens with one attached hydrogen (secondary N) is 1. The summed E-state index contributed by atoms with van der Waals surface area (Å²) in [4.78, 5) is 11.6. The Morgan fingerprint density at radius 2 is 1.80 bits per heavy atom. The van der Waals surface area contributed by atoms with E-state index in [-0.39, 0.29) is 18.0 Å². The third kappa shape index (κ3) is 7.37. The van der Waals surface area contributed by atoms with Crippen LogP contribution in [0.1, 0.15) is 53.4 Å². The number of hydrogen-bond donors (Lipinski definition) is 2. The van der Waals surface area contributed by atoms with Crippen molar-refractivity contribution in [3.63, 3.8) is 0 Å². The van der Waals surface area contributed by atoms with Gasteiger partial charge in [0.15, 0.2) is 0 Å². The van der Waals surface area contributed by atoms with Gasteiger partial charge in [0.05, 0.1) is 6.04 Å². The fraction of sp³-hybridized carbons (Fsp3) is 0.917. The van der Waals surface area contributed by atoms with E-state index in [4.69, 9.17) is 5.73 Å². The highest BCUT2D eigenvalue weighted by Crippen LogP contribution is 2.06. The lowest BCUT2D eigenvalue weighted by Crippen LogP contribution is -2.44. The first kappa shape index (κ1) is 14.4. The predicted molar refractivity (Wildman–Crippen MR) is 64.6 cm³/mol. The van der Waals surface area contributed by atoms with Gasteiger partial charge in [-0.1, -0.05) is 27.2 Å². The molecule has 0 aromatic rings. The van der Waals surface area contributed by atoms with E-state index in [2.05, 4.69) is 19.2 Å². The first-order valence-corrected chi connectivity index (χ1v) is 6.03. The van der Waals surface area contributed by atoms with Crippen LogP contribution in [0.25, 0.3) is 0 Å². The van der Waals surface area contributed by atoms with Gasteiger partial charge in [0, 0.05) is 6.04 Å². The van der Waals surface area contributed by atoms with Crippen LogP contribution in [-0.4, -0.2) is 18.0 Å². The van der Waals surface area contributed by atoms with Crippen molar-refractivity contribution in [2.75, 3.05) is 0 Å². The molecule has 1 amide bonds. The highest BCUT2D eigenvalue weighted by molar-refractivity contribution is 5.81. The summed E-state index contributed by atoms with van der Waals surface area (Å²) in [6.07, 6.45) is 3.89. The standard InChI is InChI=1S/C12H26N2O/c1-5-6-11(13)12(15)14-10(4)8-7-9(2)3/h9-11H,5-8,13H2,1-4H3,(H,14,15)/t10?,11-/m1/s1. The van der Waals surface area contributed by atoms with Gasteiger partial charge in [0.2, 0.25) is 5.91 Å². The van der Waals surface area contributed by atoms with Gasteiger partial charge >= 0.3 is 0 Å². The molecule has 0 aliphatic heterocycles. The Morgan fingerprint density at radius 1 is 1.20 bits per heavy atom. The molecule has 0 heterocycles. The van der Waals surface area contributed by atoms with Crippen LogP contribution < -0.4 is 11.1 Å². The number of amides is 1.